The van der Waals surface area contributed by atoms with E-state index >= 15 is 0 Å². The summed E-state index contributed by atoms with van der Waals surface area (Å²) in [7, 11) is 0. The minimum absolute atomic E-state index is 0.0863. The molecule has 1 aromatic heterocycles. The van der Waals surface area contributed by atoms with Gasteiger partial charge in [0, 0.05) is 24.9 Å². The molecule has 1 aromatic rings. The second kappa shape index (κ2) is 4.99. The first kappa shape index (κ1) is 12.1. The minimum atomic E-state index is -0.302. The van der Waals surface area contributed by atoms with Crippen molar-refractivity contribution in [1.29, 1.82) is 0 Å². The third-order valence-corrected chi connectivity index (χ3v) is 3.33. The van der Waals surface area contributed by atoms with Crippen molar-refractivity contribution < 1.29 is 9.59 Å². The van der Waals surface area contributed by atoms with Crippen molar-refractivity contribution >= 4 is 11.8 Å². The maximum atomic E-state index is 11.7. The molecule has 3 rings (SSSR count). The molecule has 0 radical (unpaired) electrons. The Kier molecular flexibility index (Phi) is 3.18. The van der Waals surface area contributed by atoms with Gasteiger partial charge in [0.2, 0.25) is 11.7 Å². The fourth-order valence-electron chi connectivity index (χ4n) is 1.85. The van der Waals surface area contributed by atoms with E-state index in [4.69, 9.17) is 0 Å². The zero-order chi connectivity index (χ0) is 13.2. The monoisotopic (exact) mass is 263 g/mol. The summed E-state index contributed by atoms with van der Waals surface area (Å²) in [5.41, 5.74) is 0. The molecule has 102 valence electrons. The number of rotatable bonds is 6. The molecule has 0 bridgehead atoms. The van der Waals surface area contributed by atoms with Crippen molar-refractivity contribution in [3.8, 4) is 0 Å². The average molecular weight is 263 g/mol. The normalized spacial score (nSPS) is 18.1. The van der Waals surface area contributed by atoms with Gasteiger partial charge in [-0.3, -0.25) is 14.7 Å². The van der Waals surface area contributed by atoms with Crippen molar-refractivity contribution in [3.63, 3.8) is 0 Å². The summed E-state index contributed by atoms with van der Waals surface area (Å²) in [6.45, 7) is 0.839. The quantitative estimate of drug-likeness (QED) is 0.626. The Morgan fingerprint density at radius 3 is 2.58 bits per heavy atom. The number of aromatic amines is 1. The highest BCUT2D eigenvalue weighted by Crippen LogP contribution is 2.37. The standard InChI is InChI=1S/C12H17N5O2/c18-11(8-3-4-8)13-5-6-14-12(19)10-15-9(16-17-10)7-1-2-7/h7-8H,1-6H2,(H,13,18)(H,14,19)(H,15,16,17). The summed E-state index contributed by atoms with van der Waals surface area (Å²) in [5, 5.41) is 12.2. The maximum Gasteiger partial charge on any atom is 0.291 e. The first-order valence-corrected chi connectivity index (χ1v) is 6.72. The van der Waals surface area contributed by atoms with Crippen LogP contribution in [0.15, 0.2) is 0 Å². The third kappa shape index (κ3) is 3.10. The number of nitrogens with one attached hydrogen (secondary N) is 3. The number of carbonyl (C=O) groups is 2. The molecule has 1 heterocycles. The van der Waals surface area contributed by atoms with Gasteiger partial charge in [0.1, 0.15) is 5.82 Å². The SMILES string of the molecule is O=C(NCCNC(=O)C1CC1)c1n[nH]c(C2CC2)n1. The van der Waals surface area contributed by atoms with Crippen LogP contribution in [0.2, 0.25) is 0 Å². The minimum Gasteiger partial charge on any atom is -0.354 e. The molecule has 0 saturated heterocycles. The molecule has 7 heteroatoms. The molecule has 3 N–H and O–H groups in total. The molecule has 0 aliphatic heterocycles. The fraction of sp³-hybridized carbons (Fsp3) is 0.667. The van der Waals surface area contributed by atoms with Gasteiger partial charge in [-0.2, -0.15) is 0 Å². The topological polar surface area (TPSA) is 99.8 Å². The predicted octanol–water partition coefficient (Wildman–Crippen LogP) is -0.0619. The van der Waals surface area contributed by atoms with Gasteiger partial charge < -0.3 is 10.6 Å². The van der Waals surface area contributed by atoms with Gasteiger partial charge in [0.15, 0.2) is 0 Å². The Labute approximate surface area is 110 Å². The highest BCUT2D eigenvalue weighted by molar-refractivity contribution is 5.90. The van der Waals surface area contributed by atoms with E-state index in [1.165, 1.54) is 0 Å². The van der Waals surface area contributed by atoms with E-state index in [0.717, 1.165) is 31.5 Å². The molecule has 7 nitrogen and oxygen atoms in total. The number of H-pyrrole nitrogens is 1. The number of nitrogens with zero attached hydrogens (tertiary/aromatic N) is 2. The molecule has 0 aromatic carbocycles. The van der Waals surface area contributed by atoms with E-state index in [1.807, 2.05) is 0 Å². The molecule has 19 heavy (non-hydrogen) atoms. The lowest BCUT2D eigenvalue weighted by Crippen LogP contribution is -2.35. The third-order valence-electron chi connectivity index (χ3n) is 3.33. The molecule has 2 aliphatic carbocycles. The first-order chi connectivity index (χ1) is 9.24. The summed E-state index contributed by atoms with van der Waals surface area (Å²) >= 11 is 0. The van der Waals surface area contributed by atoms with Gasteiger partial charge in [-0.05, 0) is 25.7 Å². The van der Waals surface area contributed by atoms with Crippen molar-refractivity contribution in [2.45, 2.75) is 31.6 Å². The Morgan fingerprint density at radius 1 is 1.16 bits per heavy atom. The second-order valence-electron chi connectivity index (χ2n) is 5.14. The van der Waals surface area contributed by atoms with Gasteiger partial charge in [-0.1, -0.05) is 0 Å². The van der Waals surface area contributed by atoms with Gasteiger partial charge in [0.05, 0.1) is 0 Å². The fourth-order valence-corrected chi connectivity index (χ4v) is 1.85. The molecule has 0 unspecified atom stereocenters. The van der Waals surface area contributed by atoms with Crippen LogP contribution in [0, 0.1) is 5.92 Å². The summed E-state index contributed by atoms with van der Waals surface area (Å²) in [5.74, 6) is 1.41. The molecule has 2 saturated carbocycles. The zero-order valence-electron chi connectivity index (χ0n) is 10.6. The zero-order valence-corrected chi connectivity index (χ0v) is 10.6. The summed E-state index contributed by atoms with van der Waals surface area (Å²) in [4.78, 5) is 27.2. The molecule has 2 amide bonds. The van der Waals surface area contributed by atoms with Gasteiger partial charge in [-0.15, -0.1) is 5.10 Å². The predicted molar refractivity (Wildman–Crippen MR) is 66.4 cm³/mol. The molecule has 2 fully saturated rings. The summed E-state index contributed by atoms with van der Waals surface area (Å²) < 4.78 is 0. The van der Waals surface area contributed by atoms with Gasteiger partial charge >= 0.3 is 0 Å². The van der Waals surface area contributed by atoms with Crippen LogP contribution in [0.3, 0.4) is 0 Å². The van der Waals surface area contributed by atoms with Crippen LogP contribution in [0.1, 0.15) is 48.0 Å². The highest BCUT2D eigenvalue weighted by atomic mass is 16.2. The summed E-state index contributed by atoms with van der Waals surface area (Å²) in [6, 6.07) is 0. The maximum absolute atomic E-state index is 11.7. The molecule has 0 spiro atoms. The molecular formula is C12H17N5O2. The van der Waals surface area contributed by atoms with Crippen molar-refractivity contribution in [1.82, 2.24) is 25.8 Å². The molecule has 2 aliphatic rings. The number of hydrogen-bond donors (Lipinski definition) is 3. The Morgan fingerprint density at radius 2 is 1.89 bits per heavy atom. The van der Waals surface area contributed by atoms with Crippen molar-refractivity contribution in [2.75, 3.05) is 13.1 Å². The van der Waals surface area contributed by atoms with Crippen LogP contribution in [-0.4, -0.2) is 40.1 Å². The van der Waals surface area contributed by atoms with Crippen LogP contribution in [-0.2, 0) is 4.79 Å². The largest absolute Gasteiger partial charge is 0.354 e. The Hall–Kier alpha value is -1.92. The highest BCUT2D eigenvalue weighted by Gasteiger charge is 2.29. The van der Waals surface area contributed by atoms with Crippen LogP contribution in [0.25, 0.3) is 0 Å². The van der Waals surface area contributed by atoms with Crippen LogP contribution >= 0.6 is 0 Å². The molecule has 0 atom stereocenters. The van der Waals surface area contributed by atoms with E-state index < -0.39 is 0 Å². The van der Waals surface area contributed by atoms with E-state index in [1.54, 1.807) is 0 Å². The van der Waals surface area contributed by atoms with Gasteiger partial charge in [0.25, 0.3) is 5.91 Å². The summed E-state index contributed by atoms with van der Waals surface area (Å²) in [6.07, 6.45) is 4.20. The Balaban J connectivity index is 1.38. The second-order valence-corrected chi connectivity index (χ2v) is 5.14. The van der Waals surface area contributed by atoms with Crippen LogP contribution < -0.4 is 10.6 Å². The van der Waals surface area contributed by atoms with E-state index in [-0.39, 0.29) is 23.6 Å². The van der Waals surface area contributed by atoms with Crippen LogP contribution in [0.5, 0.6) is 0 Å². The lowest BCUT2D eigenvalue weighted by atomic mass is 10.4. The smallest absolute Gasteiger partial charge is 0.291 e. The van der Waals surface area contributed by atoms with Crippen LogP contribution in [0.4, 0.5) is 0 Å². The average Bonchev–Trinajstić information content (AvgIpc) is 3.32. The Bertz CT molecular complexity index is 490. The first-order valence-electron chi connectivity index (χ1n) is 6.72. The van der Waals surface area contributed by atoms with Gasteiger partial charge in [-0.25, -0.2) is 4.98 Å². The van der Waals surface area contributed by atoms with Crippen molar-refractivity contribution in [3.05, 3.63) is 11.6 Å². The van der Waals surface area contributed by atoms with E-state index in [9.17, 15) is 9.59 Å². The number of amides is 2. The molecular weight excluding hydrogens is 246 g/mol. The van der Waals surface area contributed by atoms with E-state index in [2.05, 4.69) is 25.8 Å². The van der Waals surface area contributed by atoms with Crippen molar-refractivity contribution in [2.24, 2.45) is 5.92 Å². The van der Waals surface area contributed by atoms with E-state index in [0.29, 0.717) is 19.0 Å². The number of aromatic nitrogens is 3. The number of hydrogen-bond acceptors (Lipinski definition) is 4. The number of carbonyl (C=O) groups excluding carboxylic acids is 2. The lowest BCUT2D eigenvalue weighted by molar-refractivity contribution is -0.122. The lowest BCUT2D eigenvalue weighted by Gasteiger charge is -2.04.